The maximum atomic E-state index is 5.35. The molecule has 0 saturated heterocycles. The third kappa shape index (κ3) is 1.74. The highest BCUT2D eigenvalue weighted by molar-refractivity contribution is 5.71. The van der Waals surface area contributed by atoms with Crippen molar-refractivity contribution in [1.82, 2.24) is 10.2 Å². The quantitative estimate of drug-likeness (QED) is 0.860. The second-order valence-electron chi connectivity index (χ2n) is 3.48. The fraction of sp³-hybridized carbons (Fsp3) is 0.250. The molecule has 0 spiro atoms. The van der Waals surface area contributed by atoms with Crippen LogP contribution in [0.1, 0.15) is 5.69 Å². The monoisotopic (exact) mass is 218 g/mol. The average Bonchev–Trinajstić information content (AvgIpc) is 2.74. The minimum Gasteiger partial charge on any atom is -0.493 e. The Bertz CT molecular complexity index is 492. The summed E-state index contributed by atoms with van der Waals surface area (Å²) in [5.41, 5.74) is 2.79. The molecule has 84 valence electrons. The summed E-state index contributed by atoms with van der Waals surface area (Å²) in [5, 5.41) is 7.12. The molecule has 2 aromatic rings. The lowest BCUT2D eigenvalue weighted by molar-refractivity contribution is 0.356. The summed E-state index contributed by atoms with van der Waals surface area (Å²) in [4.78, 5) is 0. The lowest BCUT2D eigenvalue weighted by atomic mass is 10.1. The Morgan fingerprint density at radius 3 is 2.56 bits per heavy atom. The van der Waals surface area contributed by atoms with Gasteiger partial charge in [0.2, 0.25) is 0 Å². The Hall–Kier alpha value is -1.97. The highest BCUT2D eigenvalue weighted by Crippen LogP contribution is 2.36. The lowest BCUT2D eigenvalue weighted by Crippen LogP contribution is -1.93. The van der Waals surface area contributed by atoms with Crippen molar-refractivity contribution in [1.29, 1.82) is 0 Å². The number of ether oxygens (including phenoxy) is 2. The minimum atomic E-state index is 0.705. The van der Waals surface area contributed by atoms with Crippen LogP contribution in [0, 0.1) is 6.92 Å². The number of nitrogens with zero attached hydrogens (tertiary/aromatic N) is 1. The summed E-state index contributed by atoms with van der Waals surface area (Å²) < 4.78 is 10.6. The van der Waals surface area contributed by atoms with Gasteiger partial charge in [-0.1, -0.05) is 6.07 Å². The van der Waals surface area contributed by atoms with E-state index in [0.717, 1.165) is 17.0 Å². The second kappa shape index (κ2) is 4.26. The fourth-order valence-electron chi connectivity index (χ4n) is 1.64. The van der Waals surface area contributed by atoms with E-state index in [9.17, 15) is 0 Å². The average molecular weight is 218 g/mol. The van der Waals surface area contributed by atoms with Crippen LogP contribution >= 0.6 is 0 Å². The molecule has 2 rings (SSSR count). The maximum Gasteiger partial charge on any atom is 0.170 e. The zero-order valence-corrected chi connectivity index (χ0v) is 9.57. The van der Waals surface area contributed by atoms with Crippen molar-refractivity contribution in [3.8, 4) is 22.8 Å². The van der Waals surface area contributed by atoms with Gasteiger partial charge >= 0.3 is 0 Å². The van der Waals surface area contributed by atoms with E-state index in [4.69, 9.17) is 9.47 Å². The maximum absolute atomic E-state index is 5.35. The molecule has 0 aliphatic rings. The van der Waals surface area contributed by atoms with Crippen molar-refractivity contribution in [2.75, 3.05) is 14.2 Å². The molecule has 0 aliphatic heterocycles. The van der Waals surface area contributed by atoms with Gasteiger partial charge < -0.3 is 9.47 Å². The number of hydrogen-bond acceptors (Lipinski definition) is 3. The molecule has 0 unspecified atom stereocenters. The Kier molecular flexibility index (Phi) is 2.81. The predicted octanol–water partition coefficient (Wildman–Crippen LogP) is 2.40. The number of methoxy groups -OCH3 is 2. The first-order chi connectivity index (χ1) is 7.76. The summed E-state index contributed by atoms with van der Waals surface area (Å²) in [6.45, 7) is 1.96. The van der Waals surface area contributed by atoms with Gasteiger partial charge in [-0.05, 0) is 25.1 Å². The van der Waals surface area contributed by atoms with Crippen LogP contribution in [0.15, 0.2) is 24.3 Å². The van der Waals surface area contributed by atoms with E-state index in [1.54, 1.807) is 14.2 Å². The molecule has 1 heterocycles. The van der Waals surface area contributed by atoms with Crippen LogP contribution in [0.5, 0.6) is 11.5 Å². The van der Waals surface area contributed by atoms with Gasteiger partial charge in [-0.2, -0.15) is 5.10 Å². The molecular formula is C12H14N2O2. The standard InChI is InChI=1S/C12H14N2O2/c1-8-7-10(14-13-8)9-5-4-6-11(15-2)12(9)16-3/h4-7H,1-3H3,(H,13,14). The molecule has 0 radical (unpaired) electrons. The second-order valence-corrected chi connectivity index (χ2v) is 3.48. The zero-order chi connectivity index (χ0) is 11.5. The highest BCUT2D eigenvalue weighted by Gasteiger charge is 2.12. The molecule has 16 heavy (non-hydrogen) atoms. The van der Waals surface area contributed by atoms with Crippen LogP contribution in [0.4, 0.5) is 0 Å². The molecule has 0 aliphatic carbocycles. The smallest absolute Gasteiger partial charge is 0.170 e. The van der Waals surface area contributed by atoms with Crippen molar-refractivity contribution in [2.24, 2.45) is 0 Å². The molecule has 4 nitrogen and oxygen atoms in total. The van der Waals surface area contributed by atoms with Crippen LogP contribution in [-0.2, 0) is 0 Å². The Morgan fingerprint density at radius 1 is 1.19 bits per heavy atom. The molecule has 0 fully saturated rings. The number of aryl methyl sites for hydroxylation is 1. The number of para-hydroxylation sites is 1. The van der Waals surface area contributed by atoms with Gasteiger partial charge in [0.05, 0.1) is 19.9 Å². The third-order valence-electron chi connectivity index (χ3n) is 2.38. The summed E-state index contributed by atoms with van der Waals surface area (Å²) in [5.74, 6) is 1.41. The predicted molar refractivity (Wildman–Crippen MR) is 61.9 cm³/mol. The summed E-state index contributed by atoms with van der Waals surface area (Å²) in [6.07, 6.45) is 0. The normalized spacial score (nSPS) is 10.2. The van der Waals surface area contributed by atoms with Gasteiger partial charge in [0, 0.05) is 11.3 Å². The molecule has 0 atom stereocenters. The molecule has 0 amide bonds. The third-order valence-corrected chi connectivity index (χ3v) is 2.38. The SMILES string of the molecule is COc1cccc(-c2cc(C)[nH]n2)c1OC. The first-order valence-corrected chi connectivity index (χ1v) is 4.99. The number of rotatable bonds is 3. The van der Waals surface area contributed by atoms with E-state index in [0.29, 0.717) is 11.5 Å². The number of nitrogens with one attached hydrogen (secondary N) is 1. The van der Waals surface area contributed by atoms with Crippen molar-refractivity contribution in [3.63, 3.8) is 0 Å². The lowest BCUT2D eigenvalue weighted by Gasteiger charge is -2.10. The first-order valence-electron chi connectivity index (χ1n) is 4.99. The van der Waals surface area contributed by atoms with Crippen molar-refractivity contribution in [3.05, 3.63) is 30.0 Å². The fourth-order valence-corrected chi connectivity index (χ4v) is 1.64. The number of benzene rings is 1. The van der Waals surface area contributed by atoms with Crippen LogP contribution in [0.3, 0.4) is 0 Å². The van der Waals surface area contributed by atoms with E-state index in [1.807, 2.05) is 31.2 Å². The topological polar surface area (TPSA) is 47.1 Å². The minimum absolute atomic E-state index is 0.705. The van der Waals surface area contributed by atoms with Gasteiger partial charge in [-0.25, -0.2) is 0 Å². The van der Waals surface area contributed by atoms with Crippen LogP contribution < -0.4 is 9.47 Å². The van der Waals surface area contributed by atoms with Crippen molar-refractivity contribution >= 4 is 0 Å². The zero-order valence-electron chi connectivity index (χ0n) is 9.57. The van der Waals surface area contributed by atoms with Gasteiger partial charge in [0.15, 0.2) is 11.5 Å². The summed E-state index contributed by atoms with van der Waals surface area (Å²) in [7, 11) is 3.25. The Balaban J connectivity index is 2.56. The number of aromatic amines is 1. The molecule has 1 N–H and O–H groups in total. The van der Waals surface area contributed by atoms with E-state index in [2.05, 4.69) is 10.2 Å². The first kappa shape index (κ1) is 10.5. The molecule has 0 saturated carbocycles. The summed E-state index contributed by atoms with van der Waals surface area (Å²) in [6, 6.07) is 7.71. The van der Waals surface area contributed by atoms with Crippen LogP contribution in [-0.4, -0.2) is 24.4 Å². The van der Waals surface area contributed by atoms with E-state index < -0.39 is 0 Å². The van der Waals surface area contributed by atoms with Crippen molar-refractivity contribution < 1.29 is 9.47 Å². The Morgan fingerprint density at radius 2 is 2.00 bits per heavy atom. The largest absolute Gasteiger partial charge is 0.493 e. The molecule has 4 heteroatoms. The molecule has 1 aromatic heterocycles. The van der Waals surface area contributed by atoms with Gasteiger partial charge in [-0.3, -0.25) is 5.10 Å². The number of hydrogen-bond donors (Lipinski definition) is 1. The van der Waals surface area contributed by atoms with Gasteiger partial charge in [0.1, 0.15) is 0 Å². The number of H-pyrrole nitrogens is 1. The van der Waals surface area contributed by atoms with Gasteiger partial charge in [-0.15, -0.1) is 0 Å². The van der Waals surface area contributed by atoms with Gasteiger partial charge in [0.25, 0.3) is 0 Å². The highest BCUT2D eigenvalue weighted by atomic mass is 16.5. The Labute approximate surface area is 94.2 Å². The van der Waals surface area contributed by atoms with Crippen LogP contribution in [0.25, 0.3) is 11.3 Å². The summed E-state index contributed by atoms with van der Waals surface area (Å²) >= 11 is 0. The number of aromatic nitrogens is 2. The van der Waals surface area contributed by atoms with E-state index in [1.165, 1.54) is 0 Å². The molecule has 1 aromatic carbocycles. The molecule has 0 bridgehead atoms. The van der Waals surface area contributed by atoms with E-state index in [-0.39, 0.29) is 0 Å². The molecular weight excluding hydrogens is 204 g/mol. The van der Waals surface area contributed by atoms with Crippen molar-refractivity contribution in [2.45, 2.75) is 6.92 Å². The van der Waals surface area contributed by atoms with E-state index >= 15 is 0 Å². The van der Waals surface area contributed by atoms with Crippen LogP contribution in [0.2, 0.25) is 0 Å².